The van der Waals surface area contributed by atoms with Crippen molar-refractivity contribution in [2.24, 2.45) is 0 Å². The molecule has 2 amide bonds. The summed E-state index contributed by atoms with van der Waals surface area (Å²) >= 11 is 0. The molecule has 4 rings (SSSR count). The molecule has 2 aliphatic rings. The van der Waals surface area contributed by atoms with Crippen LogP contribution in [0.25, 0.3) is 11.1 Å². The molecule has 174 valence electrons. The fourth-order valence-electron chi connectivity index (χ4n) is 4.82. The van der Waals surface area contributed by atoms with Crippen molar-refractivity contribution in [2.75, 3.05) is 13.2 Å². The summed E-state index contributed by atoms with van der Waals surface area (Å²) in [6.07, 6.45) is -0.705. The van der Waals surface area contributed by atoms with Gasteiger partial charge >= 0.3 is 12.1 Å². The van der Waals surface area contributed by atoms with Gasteiger partial charge in [0.15, 0.2) is 0 Å². The molecule has 3 N–H and O–H groups in total. The summed E-state index contributed by atoms with van der Waals surface area (Å²) in [4.78, 5) is 38.3. The summed E-state index contributed by atoms with van der Waals surface area (Å²) < 4.78 is 5.54. The third-order valence-electron chi connectivity index (χ3n) is 6.36. The first-order valence-electron chi connectivity index (χ1n) is 11.2. The molecule has 8 heteroatoms. The van der Waals surface area contributed by atoms with Gasteiger partial charge < -0.3 is 25.2 Å². The normalized spacial score (nSPS) is 20.1. The van der Waals surface area contributed by atoms with Gasteiger partial charge in [0.2, 0.25) is 5.91 Å². The number of aliphatic hydroxyl groups excluding tert-OH is 1. The maximum atomic E-state index is 13.0. The minimum atomic E-state index is -1.17. The molecule has 0 unspecified atom stereocenters. The number of ether oxygens (including phenoxy) is 1. The number of amides is 2. The first-order valence-corrected chi connectivity index (χ1v) is 11.2. The summed E-state index contributed by atoms with van der Waals surface area (Å²) in [5.74, 6) is -1.79. The van der Waals surface area contributed by atoms with Crippen molar-refractivity contribution in [2.45, 2.75) is 50.3 Å². The van der Waals surface area contributed by atoms with Crippen molar-refractivity contribution in [3.63, 3.8) is 0 Å². The van der Waals surface area contributed by atoms with E-state index in [1.165, 1.54) is 0 Å². The van der Waals surface area contributed by atoms with E-state index in [0.717, 1.165) is 27.2 Å². The topological polar surface area (TPSA) is 116 Å². The van der Waals surface area contributed by atoms with E-state index in [9.17, 15) is 24.6 Å². The average molecular weight is 453 g/mol. The smallest absolute Gasteiger partial charge is 0.407 e. The number of rotatable bonds is 7. The van der Waals surface area contributed by atoms with Crippen LogP contribution in [0.2, 0.25) is 0 Å². The highest BCUT2D eigenvalue weighted by Crippen LogP contribution is 2.44. The Hall–Kier alpha value is -3.39. The van der Waals surface area contributed by atoms with Crippen molar-refractivity contribution in [1.82, 2.24) is 10.2 Å². The van der Waals surface area contributed by atoms with Crippen molar-refractivity contribution in [1.29, 1.82) is 0 Å². The standard InChI is InChI=1S/C25H28N2O6/c1-2-7-21(23(29)27-13-15(28)12-22(27)24(30)31)26-25(32)33-14-20-18-10-5-3-8-16(18)17-9-4-6-11-19(17)20/h3-6,8-11,15,20-22,28H,2,7,12-14H2,1H3,(H,26,32)(H,30,31)/t15-,21-,22+/m1/s1. The quantitative estimate of drug-likeness (QED) is 0.595. The van der Waals surface area contributed by atoms with Crippen molar-refractivity contribution >= 4 is 18.0 Å². The fraction of sp³-hybridized carbons (Fsp3) is 0.400. The second kappa shape index (κ2) is 9.62. The van der Waals surface area contributed by atoms with E-state index in [0.29, 0.717) is 12.8 Å². The van der Waals surface area contributed by atoms with E-state index in [1.54, 1.807) is 0 Å². The van der Waals surface area contributed by atoms with Crippen LogP contribution in [-0.2, 0) is 14.3 Å². The molecule has 0 spiro atoms. The van der Waals surface area contributed by atoms with Crippen molar-refractivity contribution in [3.8, 4) is 11.1 Å². The lowest BCUT2D eigenvalue weighted by molar-refractivity contribution is -0.149. The summed E-state index contributed by atoms with van der Waals surface area (Å²) in [5, 5.41) is 21.9. The van der Waals surface area contributed by atoms with E-state index in [4.69, 9.17) is 4.74 Å². The SMILES string of the molecule is CCC[C@@H](NC(=O)OCC1c2ccccc2-c2ccccc21)C(=O)N1C[C@H](O)C[C@H]1C(=O)O. The molecule has 0 saturated carbocycles. The number of fused-ring (bicyclic) bond motifs is 3. The Kier molecular flexibility index (Phi) is 6.65. The fourth-order valence-corrected chi connectivity index (χ4v) is 4.82. The van der Waals surface area contributed by atoms with Crippen molar-refractivity contribution < 1.29 is 29.3 Å². The predicted octanol–water partition coefficient (Wildman–Crippen LogP) is 2.74. The molecule has 1 aliphatic heterocycles. The van der Waals surface area contributed by atoms with Gasteiger partial charge in [0.1, 0.15) is 18.7 Å². The minimum absolute atomic E-state index is 0.0230. The average Bonchev–Trinajstić information content (AvgIpc) is 3.35. The molecule has 2 aromatic rings. The monoisotopic (exact) mass is 452 g/mol. The lowest BCUT2D eigenvalue weighted by Gasteiger charge is -2.27. The van der Waals surface area contributed by atoms with E-state index in [1.807, 2.05) is 55.5 Å². The number of carbonyl (C=O) groups is 3. The zero-order valence-electron chi connectivity index (χ0n) is 18.4. The lowest BCUT2D eigenvalue weighted by Crippen LogP contribution is -2.52. The summed E-state index contributed by atoms with van der Waals surface area (Å²) in [5.41, 5.74) is 4.41. The Morgan fingerprint density at radius 2 is 1.70 bits per heavy atom. The molecule has 1 saturated heterocycles. The van der Waals surface area contributed by atoms with Crippen LogP contribution in [0.3, 0.4) is 0 Å². The maximum Gasteiger partial charge on any atom is 0.407 e. The van der Waals surface area contributed by atoms with Crippen LogP contribution in [0.5, 0.6) is 0 Å². The molecule has 1 aliphatic carbocycles. The number of nitrogens with one attached hydrogen (secondary N) is 1. The van der Waals surface area contributed by atoms with E-state index >= 15 is 0 Å². The van der Waals surface area contributed by atoms with Crippen LogP contribution >= 0.6 is 0 Å². The Bertz CT molecular complexity index is 1010. The molecule has 2 aromatic carbocycles. The van der Waals surface area contributed by atoms with Gasteiger partial charge in [0.25, 0.3) is 0 Å². The van der Waals surface area contributed by atoms with Gasteiger partial charge in [-0.3, -0.25) is 4.79 Å². The van der Waals surface area contributed by atoms with Crippen LogP contribution in [0.1, 0.15) is 43.2 Å². The molecule has 33 heavy (non-hydrogen) atoms. The van der Waals surface area contributed by atoms with Crippen LogP contribution in [-0.4, -0.2) is 64.4 Å². The van der Waals surface area contributed by atoms with Crippen molar-refractivity contribution in [3.05, 3.63) is 59.7 Å². The number of hydrogen-bond acceptors (Lipinski definition) is 5. The number of carbonyl (C=O) groups excluding carboxylic acids is 2. The van der Waals surface area contributed by atoms with E-state index in [2.05, 4.69) is 5.32 Å². The largest absolute Gasteiger partial charge is 0.480 e. The number of carboxylic acid groups (broad SMARTS) is 1. The van der Waals surface area contributed by atoms with Gasteiger partial charge in [-0.05, 0) is 28.7 Å². The maximum absolute atomic E-state index is 13.0. The number of hydrogen-bond donors (Lipinski definition) is 3. The zero-order chi connectivity index (χ0) is 23.5. The first kappa shape index (κ1) is 22.8. The number of aliphatic hydroxyl groups is 1. The van der Waals surface area contributed by atoms with Gasteiger partial charge in [0, 0.05) is 18.9 Å². The number of nitrogens with zero attached hydrogens (tertiary/aromatic N) is 1. The number of carboxylic acids is 1. The van der Waals surface area contributed by atoms with Gasteiger partial charge in [-0.1, -0.05) is 61.9 Å². The zero-order valence-corrected chi connectivity index (χ0v) is 18.4. The minimum Gasteiger partial charge on any atom is -0.480 e. The number of likely N-dealkylation sites (tertiary alicyclic amines) is 1. The van der Waals surface area contributed by atoms with Gasteiger partial charge in [0.05, 0.1) is 6.10 Å². The molecule has 3 atom stereocenters. The lowest BCUT2D eigenvalue weighted by atomic mass is 9.98. The number of benzene rings is 2. The molecule has 0 radical (unpaired) electrons. The molecule has 8 nitrogen and oxygen atoms in total. The Labute approximate surface area is 192 Å². The Morgan fingerprint density at radius 3 is 2.27 bits per heavy atom. The summed E-state index contributed by atoms with van der Waals surface area (Å²) in [6.45, 7) is 1.92. The third-order valence-corrected chi connectivity index (χ3v) is 6.36. The molecule has 1 fully saturated rings. The Morgan fingerprint density at radius 1 is 1.09 bits per heavy atom. The van der Waals surface area contributed by atoms with Gasteiger partial charge in [-0.2, -0.15) is 0 Å². The highest BCUT2D eigenvalue weighted by Gasteiger charge is 2.41. The van der Waals surface area contributed by atoms with Gasteiger partial charge in [-0.15, -0.1) is 0 Å². The van der Waals surface area contributed by atoms with Crippen LogP contribution in [0.15, 0.2) is 48.5 Å². The summed E-state index contributed by atoms with van der Waals surface area (Å²) in [6, 6.07) is 14.0. The molecule has 0 aromatic heterocycles. The van der Waals surface area contributed by atoms with E-state index < -0.39 is 36.2 Å². The molecular formula is C25H28N2O6. The second-order valence-corrected chi connectivity index (χ2v) is 8.55. The first-order chi connectivity index (χ1) is 15.9. The van der Waals surface area contributed by atoms with Crippen LogP contribution in [0, 0.1) is 0 Å². The second-order valence-electron chi connectivity index (χ2n) is 8.55. The third kappa shape index (κ3) is 4.57. The molecular weight excluding hydrogens is 424 g/mol. The molecule has 0 bridgehead atoms. The van der Waals surface area contributed by atoms with Gasteiger partial charge in [-0.25, -0.2) is 9.59 Å². The number of alkyl carbamates (subject to hydrolysis) is 1. The van der Waals surface area contributed by atoms with Crippen LogP contribution in [0.4, 0.5) is 4.79 Å². The van der Waals surface area contributed by atoms with E-state index in [-0.39, 0.29) is 25.5 Å². The number of β-amino-alcohol motifs (C(OH)–C–C–N with tert-alkyl or cyclic N) is 1. The predicted molar refractivity (Wildman–Crippen MR) is 121 cm³/mol. The molecule has 1 heterocycles. The summed E-state index contributed by atoms with van der Waals surface area (Å²) in [7, 11) is 0. The number of aliphatic carboxylic acids is 1. The van der Waals surface area contributed by atoms with Crippen LogP contribution < -0.4 is 5.32 Å². The highest BCUT2D eigenvalue weighted by atomic mass is 16.5. The highest BCUT2D eigenvalue weighted by molar-refractivity contribution is 5.90. The Balaban J connectivity index is 1.43.